The number of nitrogens with one attached hydrogen (secondary N) is 1. The van der Waals surface area contributed by atoms with Gasteiger partial charge in [0.15, 0.2) is 0 Å². The number of nitrogens with zero attached hydrogens (tertiary/aromatic N) is 2. The SMILES string of the molecule is N#CCC(O)C(O)c1cn[nH]c1C(=O)O. The third kappa shape index (κ3) is 2.31. The fraction of sp³-hybridized carbons (Fsp3) is 0.375. The number of carboxylic acid groups (broad SMARTS) is 1. The first-order valence-electron chi connectivity index (χ1n) is 4.07. The average Bonchev–Trinajstić information content (AvgIpc) is 2.65. The molecule has 7 heteroatoms. The zero-order valence-corrected chi connectivity index (χ0v) is 7.58. The molecule has 7 nitrogen and oxygen atoms in total. The zero-order chi connectivity index (χ0) is 11.4. The summed E-state index contributed by atoms with van der Waals surface area (Å²) in [6.45, 7) is 0. The van der Waals surface area contributed by atoms with Crippen LogP contribution in [0.3, 0.4) is 0 Å². The summed E-state index contributed by atoms with van der Waals surface area (Å²) in [5.74, 6) is -1.29. The Kier molecular flexibility index (Phi) is 3.38. The molecule has 2 unspecified atom stereocenters. The first-order chi connectivity index (χ1) is 7.07. The molecule has 0 spiro atoms. The van der Waals surface area contributed by atoms with Crippen LogP contribution in [0.1, 0.15) is 28.6 Å². The van der Waals surface area contributed by atoms with Gasteiger partial charge in [0.2, 0.25) is 0 Å². The molecule has 15 heavy (non-hydrogen) atoms. The van der Waals surface area contributed by atoms with Gasteiger partial charge in [-0.3, -0.25) is 5.10 Å². The molecule has 0 amide bonds. The van der Waals surface area contributed by atoms with E-state index in [0.29, 0.717) is 0 Å². The summed E-state index contributed by atoms with van der Waals surface area (Å²) < 4.78 is 0. The normalized spacial score (nSPS) is 14.2. The maximum atomic E-state index is 10.6. The molecule has 1 aromatic heterocycles. The topological polar surface area (TPSA) is 130 Å². The number of hydrogen-bond donors (Lipinski definition) is 4. The van der Waals surface area contributed by atoms with Gasteiger partial charge in [-0.25, -0.2) is 4.79 Å². The number of aromatic carboxylic acids is 1. The fourth-order valence-electron chi connectivity index (χ4n) is 1.10. The van der Waals surface area contributed by atoms with Crippen molar-refractivity contribution in [2.45, 2.75) is 18.6 Å². The predicted octanol–water partition coefficient (Wildman–Crippen LogP) is -0.584. The number of carbonyl (C=O) groups is 1. The van der Waals surface area contributed by atoms with E-state index in [-0.39, 0.29) is 17.7 Å². The highest BCUT2D eigenvalue weighted by Crippen LogP contribution is 2.20. The number of rotatable bonds is 4. The van der Waals surface area contributed by atoms with Gasteiger partial charge < -0.3 is 15.3 Å². The van der Waals surface area contributed by atoms with Gasteiger partial charge in [0.05, 0.1) is 24.8 Å². The van der Waals surface area contributed by atoms with Crippen molar-refractivity contribution < 1.29 is 20.1 Å². The Morgan fingerprint density at radius 3 is 2.87 bits per heavy atom. The molecule has 0 radical (unpaired) electrons. The summed E-state index contributed by atoms with van der Waals surface area (Å²) in [6, 6.07) is 1.67. The number of aromatic nitrogens is 2. The third-order valence-corrected chi connectivity index (χ3v) is 1.87. The predicted molar refractivity (Wildman–Crippen MR) is 46.7 cm³/mol. The van der Waals surface area contributed by atoms with E-state index in [2.05, 4.69) is 10.2 Å². The highest BCUT2D eigenvalue weighted by molar-refractivity contribution is 5.87. The summed E-state index contributed by atoms with van der Waals surface area (Å²) in [7, 11) is 0. The van der Waals surface area contributed by atoms with Crippen LogP contribution in [0.5, 0.6) is 0 Å². The van der Waals surface area contributed by atoms with Gasteiger partial charge in [-0.05, 0) is 0 Å². The third-order valence-electron chi connectivity index (χ3n) is 1.87. The van der Waals surface area contributed by atoms with Gasteiger partial charge in [0.25, 0.3) is 0 Å². The van der Waals surface area contributed by atoms with E-state index < -0.39 is 18.2 Å². The molecule has 0 aliphatic rings. The second kappa shape index (κ2) is 4.54. The first-order valence-corrected chi connectivity index (χ1v) is 4.07. The van der Waals surface area contributed by atoms with Gasteiger partial charge in [0, 0.05) is 5.56 Å². The molecule has 0 aliphatic carbocycles. The lowest BCUT2D eigenvalue weighted by molar-refractivity contribution is 0.0205. The lowest BCUT2D eigenvalue weighted by Crippen LogP contribution is -2.19. The van der Waals surface area contributed by atoms with E-state index in [1.165, 1.54) is 0 Å². The molecule has 1 aromatic rings. The van der Waals surface area contributed by atoms with Gasteiger partial charge in [0.1, 0.15) is 11.8 Å². The highest BCUT2D eigenvalue weighted by atomic mass is 16.4. The largest absolute Gasteiger partial charge is 0.477 e. The zero-order valence-electron chi connectivity index (χ0n) is 7.58. The Morgan fingerprint density at radius 2 is 2.33 bits per heavy atom. The Bertz CT molecular complexity index is 395. The molecule has 1 heterocycles. The van der Waals surface area contributed by atoms with Crippen LogP contribution in [0.4, 0.5) is 0 Å². The Labute approximate surface area is 84.6 Å². The fourth-order valence-corrected chi connectivity index (χ4v) is 1.10. The summed E-state index contributed by atoms with van der Waals surface area (Å²) in [5.41, 5.74) is -0.329. The Morgan fingerprint density at radius 1 is 1.67 bits per heavy atom. The van der Waals surface area contributed by atoms with Crippen LogP contribution in [-0.2, 0) is 0 Å². The van der Waals surface area contributed by atoms with Gasteiger partial charge in [-0.1, -0.05) is 0 Å². The first kappa shape index (κ1) is 11.2. The number of aliphatic hydroxyl groups excluding tert-OH is 2. The summed E-state index contributed by atoms with van der Waals surface area (Å²) in [5, 5.41) is 41.4. The molecular weight excluding hydrogens is 202 g/mol. The van der Waals surface area contributed by atoms with Crippen molar-refractivity contribution in [1.82, 2.24) is 10.2 Å². The monoisotopic (exact) mass is 211 g/mol. The number of aromatic amines is 1. The lowest BCUT2D eigenvalue weighted by atomic mass is 10.0. The van der Waals surface area contributed by atoms with Crippen molar-refractivity contribution in [2.75, 3.05) is 0 Å². The van der Waals surface area contributed by atoms with Gasteiger partial charge in [-0.15, -0.1) is 0 Å². The molecular formula is C8H9N3O4. The van der Waals surface area contributed by atoms with E-state index in [0.717, 1.165) is 6.20 Å². The quantitative estimate of drug-likeness (QED) is 0.526. The van der Waals surface area contributed by atoms with Crippen LogP contribution in [0.25, 0.3) is 0 Å². The van der Waals surface area contributed by atoms with E-state index in [4.69, 9.17) is 10.4 Å². The average molecular weight is 211 g/mol. The van der Waals surface area contributed by atoms with Crippen LogP contribution in [-0.4, -0.2) is 37.6 Å². The number of nitriles is 1. The van der Waals surface area contributed by atoms with Gasteiger partial charge >= 0.3 is 5.97 Å². The maximum absolute atomic E-state index is 10.6. The minimum Gasteiger partial charge on any atom is -0.477 e. The molecule has 1 rings (SSSR count). The van der Waals surface area contributed by atoms with Crippen molar-refractivity contribution in [3.8, 4) is 6.07 Å². The van der Waals surface area contributed by atoms with Crippen LogP contribution in [0, 0.1) is 11.3 Å². The molecule has 0 aliphatic heterocycles. The van der Waals surface area contributed by atoms with E-state index in [1.807, 2.05) is 0 Å². The van der Waals surface area contributed by atoms with E-state index in [1.54, 1.807) is 6.07 Å². The smallest absolute Gasteiger partial charge is 0.354 e. The highest BCUT2D eigenvalue weighted by Gasteiger charge is 2.25. The number of aliphatic hydroxyl groups is 2. The minimum absolute atomic E-state index is 0.0368. The molecule has 2 atom stereocenters. The van der Waals surface area contributed by atoms with E-state index in [9.17, 15) is 15.0 Å². The molecule has 80 valence electrons. The Hall–Kier alpha value is -1.91. The van der Waals surface area contributed by atoms with Crippen LogP contribution >= 0.6 is 0 Å². The van der Waals surface area contributed by atoms with Crippen molar-refractivity contribution >= 4 is 5.97 Å². The second-order valence-electron chi connectivity index (χ2n) is 2.88. The van der Waals surface area contributed by atoms with Crippen molar-refractivity contribution in [3.63, 3.8) is 0 Å². The van der Waals surface area contributed by atoms with Gasteiger partial charge in [-0.2, -0.15) is 10.4 Å². The molecule has 4 N–H and O–H groups in total. The maximum Gasteiger partial charge on any atom is 0.354 e. The summed E-state index contributed by atoms with van der Waals surface area (Å²) in [4.78, 5) is 10.6. The van der Waals surface area contributed by atoms with Crippen molar-refractivity contribution in [1.29, 1.82) is 5.26 Å². The second-order valence-corrected chi connectivity index (χ2v) is 2.88. The van der Waals surface area contributed by atoms with Crippen molar-refractivity contribution in [2.24, 2.45) is 0 Å². The Balaban J connectivity index is 2.91. The summed E-state index contributed by atoms with van der Waals surface area (Å²) >= 11 is 0. The molecule has 0 bridgehead atoms. The minimum atomic E-state index is -1.44. The van der Waals surface area contributed by atoms with Crippen LogP contribution < -0.4 is 0 Å². The molecule has 0 saturated heterocycles. The van der Waals surface area contributed by atoms with E-state index >= 15 is 0 Å². The molecule has 0 fully saturated rings. The molecule has 0 saturated carbocycles. The van der Waals surface area contributed by atoms with Crippen LogP contribution in [0.2, 0.25) is 0 Å². The van der Waals surface area contributed by atoms with Crippen molar-refractivity contribution in [3.05, 3.63) is 17.5 Å². The lowest BCUT2D eigenvalue weighted by Gasteiger charge is -2.13. The standard InChI is InChI=1S/C8H9N3O4/c9-2-1-5(12)7(13)4-3-10-11-6(4)8(14)15/h3,5,7,12-13H,1H2,(H,10,11)(H,14,15). The number of carboxylic acids is 1. The summed E-state index contributed by atoms with van der Waals surface area (Å²) in [6.07, 6.45) is -1.94. The van der Waals surface area contributed by atoms with Crippen LogP contribution in [0.15, 0.2) is 6.20 Å². The number of H-pyrrole nitrogens is 1. The molecule has 0 aromatic carbocycles. The number of hydrogen-bond acceptors (Lipinski definition) is 5.